The van der Waals surface area contributed by atoms with Gasteiger partial charge in [-0.3, -0.25) is 4.90 Å². The lowest BCUT2D eigenvalue weighted by molar-refractivity contribution is -0.0374. The Morgan fingerprint density at radius 1 is 1.00 bits per heavy atom. The first-order chi connectivity index (χ1) is 13.3. The fourth-order valence-corrected chi connectivity index (χ4v) is 4.35. The van der Waals surface area contributed by atoms with E-state index in [1.807, 2.05) is 36.4 Å². The Hall–Kier alpha value is -0.810. The normalized spacial score (nSPS) is 18.4. The summed E-state index contributed by atoms with van der Waals surface area (Å²) >= 11 is 18.4. The fourth-order valence-electron chi connectivity index (χ4n) is 3.91. The molecule has 1 aliphatic rings. The van der Waals surface area contributed by atoms with Crippen LogP contribution >= 0.6 is 34.8 Å². The van der Waals surface area contributed by atoms with Crippen molar-refractivity contribution in [3.05, 3.63) is 68.7 Å². The molecule has 1 unspecified atom stereocenters. The van der Waals surface area contributed by atoms with Crippen LogP contribution in [0, 0.1) is 0 Å². The zero-order valence-corrected chi connectivity index (χ0v) is 18.6. The summed E-state index contributed by atoms with van der Waals surface area (Å²) < 4.78 is 0. The lowest BCUT2D eigenvalue weighted by Gasteiger charge is -2.42. The molecule has 3 nitrogen and oxygen atoms in total. The molecule has 0 spiro atoms. The van der Waals surface area contributed by atoms with Crippen LogP contribution in [0.1, 0.15) is 36.4 Å². The molecule has 6 heteroatoms. The SMILES string of the molecule is CN(C)CCC(c1ccc(Cl)c(Cl)c1)N1CCC(O)(c2ccc(Cl)cc2)CC1. The van der Waals surface area contributed by atoms with Crippen LogP contribution in [-0.4, -0.2) is 48.6 Å². The minimum atomic E-state index is -0.801. The summed E-state index contributed by atoms with van der Waals surface area (Å²) in [6, 6.07) is 13.7. The van der Waals surface area contributed by atoms with Gasteiger partial charge in [0.1, 0.15) is 0 Å². The van der Waals surface area contributed by atoms with E-state index in [9.17, 15) is 5.11 Å². The number of halogens is 3. The van der Waals surface area contributed by atoms with Gasteiger partial charge in [-0.15, -0.1) is 0 Å². The summed E-state index contributed by atoms with van der Waals surface area (Å²) in [4.78, 5) is 4.64. The van der Waals surface area contributed by atoms with Crippen LogP contribution in [0.25, 0.3) is 0 Å². The summed E-state index contributed by atoms with van der Waals surface area (Å²) in [5.41, 5.74) is 1.31. The molecule has 2 aromatic carbocycles. The molecular weight excluding hydrogens is 415 g/mol. The van der Waals surface area contributed by atoms with Crippen molar-refractivity contribution < 1.29 is 5.11 Å². The molecule has 1 fully saturated rings. The predicted molar refractivity (Wildman–Crippen MR) is 119 cm³/mol. The highest BCUT2D eigenvalue weighted by Gasteiger charge is 2.36. The molecule has 1 saturated heterocycles. The quantitative estimate of drug-likeness (QED) is 0.630. The number of aliphatic hydroxyl groups is 1. The molecule has 0 bridgehead atoms. The van der Waals surface area contributed by atoms with Crippen molar-refractivity contribution >= 4 is 34.8 Å². The summed E-state index contributed by atoms with van der Waals surface area (Å²) in [6.45, 7) is 2.61. The van der Waals surface area contributed by atoms with Gasteiger partial charge < -0.3 is 10.0 Å². The van der Waals surface area contributed by atoms with Crippen molar-refractivity contribution in [3.8, 4) is 0 Å². The first-order valence-corrected chi connectivity index (χ1v) is 10.7. The number of piperidine rings is 1. The topological polar surface area (TPSA) is 26.7 Å². The van der Waals surface area contributed by atoms with Gasteiger partial charge >= 0.3 is 0 Å². The van der Waals surface area contributed by atoms with Crippen molar-refractivity contribution in [2.45, 2.75) is 30.9 Å². The van der Waals surface area contributed by atoms with Gasteiger partial charge in [-0.05, 0) is 75.3 Å². The number of likely N-dealkylation sites (tertiary alicyclic amines) is 1. The van der Waals surface area contributed by atoms with Gasteiger partial charge in [0.15, 0.2) is 0 Å². The second kappa shape index (κ2) is 9.34. The van der Waals surface area contributed by atoms with Crippen LogP contribution in [0.4, 0.5) is 0 Å². The molecule has 152 valence electrons. The fraction of sp³-hybridized carbons (Fsp3) is 0.455. The second-order valence-corrected chi connectivity index (χ2v) is 9.11. The second-order valence-electron chi connectivity index (χ2n) is 7.86. The largest absolute Gasteiger partial charge is 0.385 e. The molecule has 0 amide bonds. The number of hydrogen-bond donors (Lipinski definition) is 1. The molecule has 28 heavy (non-hydrogen) atoms. The Labute approximate surface area is 182 Å². The Morgan fingerprint density at radius 2 is 1.64 bits per heavy atom. The van der Waals surface area contributed by atoms with Gasteiger partial charge in [-0.25, -0.2) is 0 Å². The molecule has 1 heterocycles. The van der Waals surface area contributed by atoms with Gasteiger partial charge in [-0.2, -0.15) is 0 Å². The van der Waals surface area contributed by atoms with E-state index >= 15 is 0 Å². The van der Waals surface area contributed by atoms with E-state index in [0.717, 1.165) is 31.6 Å². The molecule has 0 saturated carbocycles. The molecule has 3 rings (SSSR count). The number of hydrogen-bond acceptors (Lipinski definition) is 3. The molecule has 0 radical (unpaired) electrons. The Bertz CT molecular complexity index is 787. The maximum atomic E-state index is 11.2. The summed E-state index contributed by atoms with van der Waals surface area (Å²) in [6.07, 6.45) is 2.37. The minimum absolute atomic E-state index is 0.243. The van der Waals surface area contributed by atoms with Gasteiger partial charge in [-0.1, -0.05) is 53.0 Å². The van der Waals surface area contributed by atoms with Crippen molar-refractivity contribution in [1.29, 1.82) is 0 Å². The zero-order valence-electron chi connectivity index (χ0n) is 16.3. The molecular formula is C22H27Cl3N2O. The lowest BCUT2D eigenvalue weighted by atomic mass is 9.83. The van der Waals surface area contributed by atoms with Crippen LogP contribution in [0.2, 0.25) is 15.1 Å². The van der Waals surface area contributed by atoms with Crippen molar-refractivity contribution in [2.75, 3.05) is 33.7 Å². The Kier molecular flexibility index (Phi) is 7.30. The third kappa shape index (κ3) is 5.21. The molecule has 1 aliphatic heterocycles. The minimum Gasteiger partial charge on any atom is -0.385 e. The van der Waals surface area contributed by atoms with Crippen LogP contribution in [0.5, 0.6) is 0 Å². The first kappa shape index (κ1) is 21.9. The van der Waals surface area contributed by atoms with Crippen LogP contribution in [0.15, 0.2) is 42.5 Å². The van der Waals surface area contributed by atoms with E-state index in [0.29, 0.717) is 27.9 Å². The summed E-state index contributed by atoms with van der Waals surface area (Å²) in [5.74, 6) is 0. The molecule has 2 aromatic rings. The number of rotatable bonds is 6. The smallest absolute Gasteiger partial charge is 0.0920 e. The highest BCUT2D eigenvalue weighted by Crippen LogP contribution is 2.38. The van der Waals surface area contributed by atoms with E-state index in [1.54, 1.807) is 0 Å². The molecule has 1 N–H and O–H groups in total. The third-order valence-corrected chi connectivity index (χ3v) is 6.62. The van der Waals surface area contributed by atoms with E-state index in [-0.39, 0.29) is 6.04 Å². The van der Waals surface area contributed by atoms with E-state index in [2.05, 4.69) is 30.0 Å². The average molecular weight is 442 g/mol. The molecule has 0 aromatic heterocycles. The number of nitrogens with zero attached hydrogens (tertiary/aromatic N) is 2. The van der Waals surface area contributed by atoms with Crippen molar-refractivity contribution in [3.63, 3.8) is 0 Å². The Morgan fingerprint density at radius 3 is 2.21 bits per heavy atom. The molecule has 0 aliphatic carbocycles. The van der Waals surface area contributed by atoms with E-state index in [1.165, 1.54) is 5.56 Å². The highest BCUT2D eigenvalue weighted by atomic mass is 35.5. The van der Waals surface area contributed by atoms with Crippen molar-refractivity contribution in [1.82, 2.24) is 9.80 Å². The maximum Gasteiger partial charge on any atom is 0.0920 e. The predicted octanol–water partition coefficient (Wildman–Crippen LogP) is 5.62. The van der Waals surface area contributed by atoms with E-state index in [4.69, 9.17) is 34.8 Å². The molecule has 1 atom stereocenters. The maximum absolute atomic E-state index is 11.2. The van der Waals surface area contributed by atoms with Gasteiger partial charge in [0.2, 0.25) is 0 Å². The Balaban J connectivity index is 1.76. The summed E-state index contributed by atoms with van der Waals surface area (Å²) in [7, 11) is 4.17. The van der Waals surface area contributed by atoms with Gasteiger partial charge in [0.05, 0.1) is 15.6 Å². The van der Waals surface area contributed by atoms with Crippen molar-refractivity contribution in [2.24, 2.45) is 0 Å². The standard InChI is InChI=1S/C22H27Cl3N2O/c1-26(2)12-9-21(16-3-8-19(24)20(25)15-16)27-13-10-22(28,11-14-27)17-4-6-18(23)7-5-17/h3-8,15,21,28H,9-14H2,1-2H3. The van der Waals surface area contributed by atoms with Gasteiger partial charge in [0, 0.05) is 24.2 Å². The average Bonchev–Trinajstić information content (AvgIpc) is 2.66. The van der Waals surface area contributed by atoms with Gasteiger partial charge in [0.25, 0.3) is 0 Å². The summed E-state index contributed by atoms with van der Waals surface area (Å²) in [5, 5.41) is 13.0. The monoisotopic (exact) mass is 440 g/mol. The van der Waals surface area contributed by atoms with Crippen LogP contribution in [0.3, 0.4) is 0 Å². The highest BCUT2D eigenvalue weighted by molar-refractivity contribution is 6.42. The van der Waals surface area contributed by atoms with E-state index < -0.39 is 5.60 Å². The first-order valence-electron chi connectivity index (χ1n) is 9.61. The lowest BCUT2D eigenvalue weighted by Crippen LogP contribution is -2.44. The van der Waals surface area contributed by atoms with Crippen LogP contribution < -0.4 is 0 Å². The third-order valence-electron chi connectivity index (χ3n) is 5.63. The number of benzene rings is 2. The zero-order chi connectivity index (χ0) is 20.3. The van der Waals surface area contributed by atoms with Crippen LogP contribution in [-0.2, 0) is 5.60 Å².